The molecule has 3 unspecified atom stereocenters. The second-order valence-corrected chi connectivity index (χ2v) is 5.44. The molecule has 0 saturated carbocycles. The zero-order chi connectivity index (χ0) is 16.1. The normalized spacial score (nSPS) is 24.7. The highest BCUT2D eigenvalue weighted by atomic mass is 19.1. The van der Waals surface area contributed by atoms with Crippen LogP contribution in [-0.4, -0.2) is 60.4 Å². The highest BCUT2D eigenvalue weighted by Crippen LogP contribution is 2.16. The molecule has 1 aromatic carbocycles. The van der Waals surface area contributed by atoms with Gasteiger partial charge in [0, 0.05) is 12.1 Å². The average molecular weight is 310 g/mol. The molecule has 5 nitrogen and oxygen atoms in total. The van der Waals surface area contributed by atoms with E-state index in [0.717, 1.165) is 13.1 Å². The summed E-state index contributed by atoms with van der Waals surface area (Å²) in [6, 6.07) is 4.99. The minimum atomic E-state index is -0.766. The van der Waals surface area contributed by atoms with Gasteiger partial charge in [0.2, 0.25) is 0 Å². The number of carbonyl (C=O) groups is 1. The molecule has 122 valence electrons. The monoisotopic (exact) mass is 310 g/mol. The predicted molar refractivity (Wildman–Crippen MR) is 81.2 cm³/mol. The summed E-state index contributed by atoms with van der Waals surface area (Å²) in [6.07, 6.45) is -1.09. The molecule has 0 radical (unpaired) electrons. The van der Waals surface area contributed by atoms with E-state index in [0.29, 0.717) is 6.54 Å². The number of halogens is 1. The molecular formula is C16H23FN2O3. The number of aliphatic hydroxyl groups is 1. The van der Waals surface area contributed by atoms with Gasteiger partial charge in [0.25, 0.3) is 5.91 Å². The van der Waals surface area contributed by atoms with E-state index in [1.165, 1.54) is 24.3 Å². The van der Waals surface area contributed by atoms with Crippen LogP contribution in [0.2, 0.25) is 0 Å². The lowest BCUT2D eigenvalue weighted by atomic mass is 10.1. The van der Waals surface area contributed by atoms with Crippen LogP contribution < -0.4 is 5.32 Å². The summed E-state index contributed by atoms with van der Waals surface area (Å²) in [6.45, 7) is 6.74. The Labute approximate surface area is 130 Å². The smallest absolute Gasteiger partial charge is 0.251 e. The lowest BCUT2D eigenvalue weighted by molar-refractivity contribution is 0.0171. The third kappa shape index (κ3) is 4.03. The van der Waals surface area contributed by atoms with E-state index >= 15 is 0 Å². The zero-order valence-corrected chi connectivity index (χ0v) is 13.0. The van der Waals surface area contributed by atoms with Crippen molar-refractivity contribution >= 4 is 5.91 Å². The van der Waals surface area contributed by atoms with Crippen LogP contribution >= 0.6 is 0 Å². The van der Waals surface area contributed by atoms with Crippen LogP contribution in [0.15, 0.2) is 24.3 Å². The largest absolute Gasteiger partial charge is 0.388 e. The highest BCUT2D eigenvalue weighted by molar-refractivity contribution is 5.94. The second-order valence-electron chi connectivity index (χ2n) is 5.44. The number of rotatable bonds is 6. The van der Waals surface area contributed by atoms with Crippen molar-refractivity contribution < 1.29 is 19.0 Å². The molecular weight excluding hydrogens is 287 g/mol. The fourth-order valence-corrected chi connectivity index (χ4v) is 2.59. The third-order valence-electron chi connectivity index (χ3n) is 4.02. The quantitative estimate of drug-likeness (QED) is 0.824. The van der Waals surface area contributed by atoms with E-state index in [-0.39, 0.29) is 18.3 Å². The van der Waals surface area contributed by atoms with Gasteiger partial charge < -0.3 is 20.1 Å². The van der Waals surface area contributed by atoms with Crippen LogP contribution in [0, 0.1) is 5.82 Å². The first-order chi connectivity index (χ1) is 10.5. The van der Waals surface area contributed by atoms with E-state index in [1.807, 2.05) is 13.8 Å². The van der Waals surface area contributed by atoms with Crippen LogP contribution in [-0.2, 0) is 4.74 Å². The van der Waals surface area contributed by atoms with Crippen molar-refractivity contribution in [3.8, 4) is 0 Å². The molecule has 1 saturated heterocycles. The number of hydrogen-bond acceptors (Lipinski definition) is 4. The maximum atomic E-state index is 13.1. The van der Waals surface area contributed by atoms with Gasteiger partial charge >= 0.3 is 0 Å². The predicted octanol–water partition coefficient (Wildman–Crippen LogP) is 1.03. The van der Waals surface area contributed by atoms with Crippen molar-refractivity contribution in [1.29, 1.82) is 0 Å². The number of hydrogen-bond donors (Lipinski definition) is 2. The Morgan fingerprint density at radius 3 is 2.82 bits per heavy atom. The Kier molecular flexibility index (Phi) is 5.88. The number of benzene rings is 1. The molecule has 3 atom stereocenters. The van der Waals surface area contributed by atoms with Gasteiger partial charge in [-0.3, -0.25) is 4.79 Å². The van der Waals surface area contributed by atoms with E-state index in [2.05, 4.69) is 10.2 Å². The van der Waals surface area contributed by atoms with Gasteiger partial charge in [-0.15, -0.1) is 0 Å². The van der Waals surface area contributed by atoms with E-state index in [4.69, 9.17) is 4.74 Å². The first-order valence-corrected chi connectivity index (χ1v) is 7.63. The van der Waals surface area contributed by atoms with Gasteiger partial charge in [0.15, 0.2) is 0 Å². The fraction of sp³-hybridized carbons (Fsp3) is 0.562. The van der Waals surface area contributed by atoms with Crippen molar-refractivity contribution in [2.75, 3.05) is 26.2 Å². The Morgan fingerprint density at radius 2 is 2.18 bits per heavy atom. The molecule has 1 amide bonds. The first kappa shape index (κ1) is 16.9. The molecule has 6 heteroatoms. The van der Waals surface area contributed by atoms with Crippen LogP contribution in [0.3, 0.4) is 0 Å². The lowest BCUT2D eigenvalue weighted by Gasteiger charge is -2.24. The fourth-order valence-electron chi connectivity index (χ4n) is 2.59. The minimum absolute atomic E-state index is 0.236. The summed E-state index contributed by atoms with van der Waals surface area (Å²) in [5.74, 6) is -0.870. The van der Waals surface area contributed by atoms with Crippen molar-refractivity contribution in [2.24, 2.45) is 0 Å². The first-order valence-electron chi connectivity index (χ1n) is 7.63. The molecule has 0 aliphatic carbocycles. The number of carbonyl (C=O) groups excluding carboxylic acids is 1. The van der Waals surface area contributed by atoms with E-state index < -0.39 is 23.9 Å². The van der Waals surface area contributed by atoms with Crippen molar-refractivity contribution in [1.82, 2.24) is 10.2 Å². The van der Waals surface area contributed by atoms with Crippen molar-refractivity contribution in [3.63, 3.8) is 0 Å². The molecule has 1 aliphatic rings. The van der Waals surface area contributed by atoms with Gasteiger partial charge in [0.05, 0.1) is 18.8 Å². The Hall–Kier alpha value is -1.50. The molecule has 1 aromatic rings. The Bertz CT molecular complexity index is 508. The van der Waals surface area contributed by atoms with Crippen LogP contribution in [0.5, 0.6) is 0 Å². The van der Waals surface area contributed by atoms with Crippen molar-refractivity contribution in [2.45, 2.75) is 32.1 Å². The molecule has 1 fully saturated rings. The standard InChI is InChI=1S/C16H23FN2O3/c1-3-19(4-2)9-14-15(20)13(10-22-14)18-16(21)11-6-5-7-12(17)8-11/h5-8,13-15,20H,3-4,9-10H2,1-2H3,(H,18,21). The summed E-state index contributed by atoms with van der Waals surface area (Å²) in [5.41, 5.74) is 0.236. The molecule has 1 heterocycles. The number of nitrogens with zero attached hydrogens (tertiary/aromatic N) is 1. The van der Waals surface area contributed by atoms with Crippen LogP contribution in [0.1, 0.15) is 24.2 Å². The molecule has 2 N–H and O–H groups in total. The lowest BCUT2D eigenvalue weighted by Crippen LogP contribution is -2.46. The van der Waals surface area contributed by atoms with Gasteiger partial charge in [-0.05, 0) is 31.3 Å². The van der Waals surface area contributed by atoms with E-state index in [1.54, 1.807) is 0 Å². The van der Waals surface area contributed by atoms with Crippen LogP contribution in [0.25, 0.3) is 0 Å². The molecule has 0 spiro atoms. The molecule has 0 aromatic heterocycles. The van der Waals surface area contributed by atoms with E-state index in [9.17, 15) is 14.3 Å². The zero-order valence-electron chi connectivity index (χ0n) is 13.0. The maximum Gasteiger partial charge on any atom is 0.251 e. The van der Waals surface area contributed by atoms with Gasteiger partial charge in [0.1, 0.15) is 11.9 Å². The Balaban J connectivity index is 1.93. The summed E-state index contributed by atoms with van der Waals surface area (Å²) >= 11 is 0. The number of likely N-dealkylation sites (N-methyl/N-ethyl adjacent to an activating group) is 1. The molecule has 2 rings (SSSR count). The number of amides is 1. The molecule has 0 bridgehead atoms. The van der Waals surface area contributed by atoms with Gasteiger partial charge in [-0.1, -0.05) is 19.9 Å². The third-order valence-corrected chi connectivity index (χ3v) is 4.02. The summed E-state index contributed by atoms with van der Waals surface area (Å²) in [4.78, 5) is 14.2. The average Bonchev–Trinajstić information content (AvgIpc) is 2.85. The molecule has 1 aliphatic heterocycles. The van der Waals surface area contributed by atoms with Crippen molar-refractivity contribution in [3.05, 3.63) is 35.6 Å². The SMILES string of the molecule is CCN(CC)CC1OCC(NC(=O)c2cccc(F)c2)C1O. The van der Waals surface area contributed by atoms with Gasteiger partial charge in [-0.2, -0.15) is 0 Å². The highest BCUT2D eigenvalue weighted by Gasteiger charge is 2.37. The van der Waals surface area contributed by atoms with Crippen LogP contribution in [0.4, 0.5) is 4.39 Å². The number of nitrogens with one attached hydrogen (secondary N) is 1. The Morgan fingerprint density at radius 1 is 1.45 bits per heavy atom. The number of ether oxygens (including phenoxy) is 1. The number of aliphatic hydroxyl groups excluding tert-OH is 1. The molecule has 22 heavy (non-hydrogen) atoms. The topological polar surface area (TPSA) is 61.8 Å². The minimum Gasteiger partial charge on any atom is -0.388 e. The summed E-state index contributed by atoms with van der Waals surface area (Å²) in [7, 11) is 0. The summed E-state index contributed by atoms with van der Waals surface area (Å²) in [5, 5.41) is 13.0. The van der Waals surface area contributed by atoms with Gasteiger partial charge in [-0.25, -0.2) is 4.39 Å². The maximum absolute atomic E-state index is 13.1. The summed E-state index contributed by atoms with van der Waals surface area (Å²) < 4.78 is 18.7. The second kappa shape index (κ2) is 7.67.